The smallest absolute Gasteiger partial charge is 0.317 e. The molecule has 0 spiro atoms. The van der Waals surface area contributed by atoms with E-state index in [0.29, 0.717) is 5.92 Å². The lowest BCUT2D eigenvalue weighted by Crippen LogP contribution is -2.53. The van der Waals surface area contributed by atoms with Crippen LogP contribution in [0.5, 0.6) is 0 Å². The molecule has 1 saturated heterocycles. The third-order valence-electron chi connectivity index (χ3n) is 5.24. The average Bonchev–Trinajstić information content (AvgIpc) is 2.53. The van der Waals surface area contributed by atoms with Crippen LogP contribution in [0.15, 0.2) is 24.3 Å². The van der Waals surface area contributed by atoms with Crippen LogP contribution in [-0.4, -0.2) is 48.6 Å². The Labute approximate surface area is 137 Å². The largest absolute Gasteiger partial charge is 0.331 e. The second-order valence-corrected chi connectivity index (χ2v) is 6.59. The van der Waals surface area contributed by atoms with E-state index in [2.05, 4.69) is 17.1 Å². The number of nitrogens with zero attached hydrogens (tertiary/aromatic N) is 2. The van der Waals surface area contributed by atoms with Gasteiger partial charge < -0.3 is 15.1 Å². The minimum absolute atomic E-state index is 0.000977. The Kier molecular flexibility index (Phi) is 5.16. The lowest BCUT2D eigenvalue weighted by atomic mass is 9.77. The quantitative estimate of drug-likeness (QED) is 0.926. The molecule has 1 N–H and O–H groups in total. The Balaban J connectivity index is 1.64. The van der Waals surface area contributed by atoms with Crippen molar-refractivity contribution in [3.63, 3.8) is 0 Å². The second kappa shape index (κ2) is 7.30. The first kappa shape index (κ1) is 16.2. The van der Waals surface area contributed by atoms with Crippen LogP contribution in [0.3, 0.4) is 0 Å². The lowest BCUT2D eigenvalue weighted by molar-refractivity contribution is 0.133. The molecule has 4 nitrogen and oxygen atoms in total. The Hall–Kier alpha value is -1.62. The third-order valence-corrected chi connectivity index (χ3v) is 5.24. The standard InChI is InChI=1S/C18H26FN3O/c1-2-21-10-12-22(13-11-21)18(23)20-17(14-4-3-5-14)15-6-8-16(19)9-7-15/h6-9,14,17H,2-5,10-13H2,1H3,(H,20,23). The van der Waals surface area contributed by atoms with Gasteiger partial charge >= 0.3 is 6.03 Å². The van der Waals surface area contributed by atoms with E-state index in [1.165, 1.54) is 18.6 Å². The molecular weight excluding hydrogens is 293 g/mol. The van der Waals surface area contributed by atoms with Crippen LogP contribution in [0.2, 0.25) is 0 Å². The Morgan fingerprint density at radius 2 is 1.87 bits per heavy atom. The lowest BCUT2D eigenvalue weighted by Gasteiger charge is -2.38. The van der Waals surface area contributed by atoms with Crippen LogP contribution in [-0.2, 0) is 0 Å². The van der Waals surface area contributed by atoms with Gasteiger partial charge in [0, 0.05) is 26.2 Å². The van der Waals surface area contributed by atoms with Crippen molar-refractivity contribution in [2.45, 2.75) is 32.2 Å². The third kappa shape index (κ3) is 3.83. The zero-order chi connectivity index (χ0) is 16.2. The summed E-state index contributed by atoms with van der Waals surface area (Å²) in [6.45, 7) is 6.62. The Morgan fingerprint density at radius 1 is 1.22 bits per heavy atom. The number of hydrogen-bond donors (Lipinski definition) is 1. The molecule has 1 heterocycles. The number of carbonyl (C=O) groups is 1. The highest BCUT2D eigenvalue weighted by atomic mass is 19.1. The predicted octanol–water partition coefficient (Wildman–Crippen LogP) is 3.01. The van der Waals surface area contributed by atoms with Crippen LogP contribution in [0, 0.1) is 11.7 Å². The fourth-order valence-corrected chi connectivity index (χ4v) is 3.41. The monoisotopic (exact) mass is 319 g/mol. The summed E-state index contributed by atoms with van der Waals surface area (Å²) in [6.07, 6.45) is 3.48. The topological polar surface area (TPSA) is 35.6 Å². The summed E-state index contributed by atoms with van der Waals surface area (Å²) >= 11 is 0. The first-order valence-electron chi connectivity index (χ1n) is 8.70. The number of halogens is 1. The van der Waals surface area contributed by atoms with Gasteiger partial charge in [-0.05, 0) is 43.0 Å². The normalized spacial score (nSPS) is 20.9. The van der Waals surface area contributed by atoms with Crippen molar-refractivity contribution in [2.24, 2.45) is 5.92 Å². The molecule has 1 atom stereocenters. The maximum atomic E-state index is 13.2. The van der Waals surface area contributed by atoms with Gasteiger partial charge in [-0.15, -0.1) is 0 Å². The van der Waals surface area contributed by atoms with Crippen LogP contribution >= 0.6 is 0 Å². The number of carbonyl (C=O) groups excluding carboxylic acids is 1. The molecule has 126 valence electrons. The van der Waals surface area contributed by atoms with Crippen molar-refractivity contribution < 1.29 is 9.18 Å². The van der Waals surface area contributed by atoms with Gasteiger partial charge in [0.05, 0.1) is 6.04 Å². The van der Waals surface area contributed by atoms with E-state index in [4.69, 9.17) is 0 Å². The molecule has 1 aliphatic heterocycles. The van der Waals surface area contributed by atoms with E-state index in [-0.39, 0.29) is 17.9 Å². The summed E-state index contributed by atoms with van der Waals surface area (Å²) in [5, 5.41) is 3.20. The Bertz CT molecular complexity index is 522. The maximum Gasteiger partial charge on any atom is 0.317 e. The first-order valence-corrected chi connectivity index (χ1v) is 8.70. The van der Waals surface area contributed by atoms with Crippen LogP contribution < -0.4 is 5.32 Å². The van der Waals surface area contributed by atoms with Gasteiger partial charge in [-0.2, -0.15) is 0 Å². The molecule has 1 aliphatic carbocycles. The molecule has 3 rings (SSSR count). The van der Waals surface area contributed by atoms with Crippen molar-refractivity contribution in [1.82, 2.24) is 15.1 Å². The van der Waals surface area contributed by atoms with Gasteiger partial charge in [0.1, 0.15) is 5.82 Å². The molecule has 5 heteroatoms. The molecule has 1 saturated carbocycles. The Morgan fingerprint density at radius 3 is 2.39 bits per heavy atom. The SMILES string of the molecule is CCN1CCN(C(=O)NC(c2ccc(F)cc2)C2CCC2)CC1. The molecule has 2 amide bonds. The van der Waals surface area contributed by atoms with Gasteiger partial charge in [0.2, 0.25) is 0 Å². The summed E-state index contributed by atoms with van der Waals surface area (Å²) in [4.78, 5) is 16.9. The van der Waals surface area contributed by atoms with E-state index < -0.39 is 0 Å². The highest BCUT2D eigenvalue weighted by molar-refractivity contribution is 5.75. The van der Waals surface area contributed by atoms with Gasteiger partial charge in [-0.1, -0.05) is 25.5 Å². The number of benzene rings is 1. The van der Waals surface area contributed by atoms with Crippen molar-refractivity contribution in [3.05, 3.63) is 35.6 Å². The number of nitrogens with one attached hydrogen (secondary N) is 1. The van der Waals surface area contributed by atoms with E-state index in [0.717, 1.165) is 51.1 Å². The van der Waals surface area contributed by atoms with Crippen molar-refractivity contribution >= 4 is 6.03 Å². The summed E-state index contributed by atoms with van der Waals surface area (Å²) < 4.78 is 13.2. The van der Waals surface area contributed by atoms with Crippen LogP contribution in [0.4, 0.5) is 9.18 Å². The van der Waals surface area contributed by atoms with Gasteiger partial charge in [-0.25, -0.2) is 9.18 Å². The molecular formula is C18H26FN3O. The molecule has 2 fully saturated rings. The second-order valence-electron chi connectivity index (χ2n) is 6.59. The zero-order valence-corrected chi connectivity index (χ0v) is 13.8. The fourth-order valence-electron chi connectivity index (χ4n) is 3.41. The first-order chi connectivity index (χ1) is 11.2. The fraction of sp³-hybridized carbons (Fsp3) is 0.611. The van der Waals surface area contributed by atoms with Crippen molar-refractivity contribution in [2.75, 3.05) is 32.7 Å². The number of likely N-dealkylation sites (N-methyl/N-ethyl adjacent to an activating group) is 1. The van der Waals surface area contributed by atoms with Gasteiger partial charge in [0.15, 0.2) is 0 Å². The number of amides is 2. The summed E-state index contributed by atoms with van der Waals surface area (Å²) in [5.74, 6) is 0.240. The molecule has 2 aliphatic rings. The minimum Gasteiger partial charge on any atom is -0.331 e. The van der Waals surface area contributed by atoms with E-state index in [1.807, 2.05) is 4.90 Å². The maximum absolute atomic E-state index is 13.2. The van der Waals surface area contributed by atoms with Crippen LogP contribution in [0.1, 0.15) is 37.8 Å². The zero-order valence-electron chi connectivity index (χ0n) is 13.8. The molecule has 1 unspecified atom stereocenters. The molecule has 23 heavy (non-hydrogen) atoms. The highest BCUT2D eigenvalue weighted by Crippen LogP contribution is 2.37. The average molecular weight is 319 g/mol. The predicted molar refractivity (Wildman–Crippen MR) is 88.7 cm³/mol. The molecule has 1 aromatic carbocycles. The van der Waals surface area contributed by atoms with E-state index in [1.54, 1.807) is 12.1 Å². The van der Waals surface area contributed by atoms with Gasteiger partial charge in [0.25, 0.3) is 0 Å². The van der Waals surface area contributed by atoms with E-state index >= 15 is 0 Å². The minimum atomic E-state index is -0.233. The van der Waals surface area contributed by atoms with E-state index in [9.17, 15) is 9.18 Å². The number of piperazine rings is 1. The number of urea groups is 1. The van der Waals surface area contributed by atoms with Crippen molar-refractivity contribution in [1.29, 1.82) is 0 Å². The summed E-state index contributed by atoms with van der Waals surface area (Å²) in [5.41, 5.74) is 1.01. The highest BCUT2D eigenvalue weighted by Gasteiger charge is 2.31. The summed E-state index contributed by atoms with van der Waals surface area (Å²) in [6, 6.07) is 6.57. The molecule has 0 bridgehead atoms. The molecule has 0 radical (unpaired) electrons. The molecule has 0 aromatic heterocycles. The summed E-state index contributed by atoms with van der Waals surface area (Å²) in [7, 11) is 0. The number of rotatable bonds is 4. The van der Waals surface area contributed by atoms with Crippen LogP contribution in [0.25, 0.3) is 0 Å². The molecule has 1 aromatic rings. The van der Waals surface area contributed by atoms with Crippen molar-refractivity contribution in [3.8, 4) is 0 Å². The van der Waals surface area contributed by atoms with Gasteiger partial charge in [-0.3, -0.25) is 0 Å². The number of hydrogen-bond acceptors (Lipinski definition) is 2.